The van der Waals surface area contributed by atoms with Gasteiger partial charge in [0.2, 0.25) is 0 Å². The maximum Gasteiger partial charge on any atom is 0.254 e. The molecule has 1 saturated carbocycles. The van der Waals surface area contributed by atoms with Crippen LogP contribution in [0.15, 0.2) is 18.5 Å². The summed E-state index contributed by atoms with van der Waals surface area (Å²) in [5.74, 6) is -0.340. The minimum atomic E-state index is -0.795. The molecule has 0 aromatic carbocycles. The summed E-state index contributed by atoms with van der Waals surface area (Å²) in [4.78, 5) is 20.4. The van der Waals surface area contributed by atoms with Crippen LogP contribution in [0.5, 0.6) is 0 Å². The van der Waals surface area contributed by atoms with Gasteiger partial charge in [0.25, 0.3) is 5.91 Å². The maximum atomic E-state index is 13.8. The van der Waals surface area contributed by atoms with E-state index in [1.165, 1.54) is 12.6 Å². The molecule has 1 unspecified atom stereocenters. The summed E-state index contributed by atoms with van der Waals surface area (Å²) < 4.78 is 13.8. The van der Waals surface area contributed by atoms with Crippen molar-refractivity contribution < 1.29 is 14.3 Å². The highest BCUT2D eigenvalue weighted by Crippen LogP contribution is 2.46. The fourth-order valence-corrected chi connectivity index (χ4v) is 4.98. The van der Waals surface area contributed by atoms with Gasteiger partial charge in [-0.2, -0.15) is 0 Å². The molecule has 1 aromatic rings. The van der Waals surface area contributed by atoms with Gasteiger partial charge in [0.15, 0.2) is 6.10 Å². The predicted octanol–water partition coefficient (Wildman–Crippen LogP) is 2.09. The van der Waals surface area contributed by atoms with Crippen LogP contribution in [0.25, 0.3) is 0 Å². The smallest absolute Gasteiger partial charge is 0.254 e. The van der Waals surface area contributed by atoms with Crippen molar-refractivity contribution in [3.63, 3.8) is 0 Å². The molecule has 3 aliphatic rings. The van der Waals surface area contributed by atoms with Gasteiger partial charge in [-0.1, -0.05) is 19.3 Å². The van der Waals surface area contributed by atoms with Crippen LogP contribution in [0.4, 0.5) is 4.39 Å². The van der Waals surface area contributed by atoms with E-state index >= 15 is 0 Å². The molecule has 5 nitrogen and oxygen atoms in total. The van der Waals surface area contributed by atoms with Crippen molar-refractivity contribution in [2.24, 2.45) is 0 Å². The van der Waals surface area contributed by atoms with Crippen molar-refractivity contribution in [3.8, 4) is 0 Å². The number of hydrogen-bond acceptors (Lipinski definition) is 4. The highest BCUT2D eigenvalue weighted by atomic mass is 19.1. The fraction of sp³-hybridized carbons (Fsp3) is 0.684. The molecule has 1 amide bonds. The Morgan fingerprint density at radius 3 is 2.64 bits per heavy atom. The summed E-state index contributed by atoms with van der Waals surface area (Å²) in [6, 6.07) is 1.95. The number of hydrogen-bond donors (Lipinski definition) is 1. The minimum absolute atomic E-state index is 0.0828. The van der Waals surface area contributed by atoms with Crippen molar-refractivity contribution in [2.45, 2.75) is 69.2 Å². The number of likely N-dealkylation sites (tertiary alicyclic amines) is 2. The lowest BCUT2D eigenvalue weighted by Gasteiger charge is -2.61. The highest BCUT2D eigenvalue weighted by Gasteiger charge is 2.61. The van der Waals surface area contributed by atoms with Crippen LogP contribution in [0.1, 0.15) is 50.5 Å². The number of halogens is 1. The first-order valence-electron chi connectivity index (χ1n) is 9.44. The van der Waals surface area contributed by atoms with E-state index in [1.54, 1.807) is 12.3 Å². The molecule has 1 atom stereocenters. The van der Waals surface area contributed by atoms with Crippen molar-refractivity contribution >= 4 is 5.91 Å². The van der Waals surface area contributed by atoms with E-state index in [0.29, 0.717) is 12.1 Å². The first kappa shape index (κ1) is 16.9. The van der Waals surface area contributed by atoms with Crippen LogP contribution in [0.3, 0.4) is 0 Å². The second kappa shape index (κ2) is 6.65. The van der Waals surface area contributed by atoms with Gasteiger partial charge in [0.05, 0.1) is 11.7 Å². The number of nitrogens with zero attached hydrogens (tertiary/aromatic N) is 3. The Kier molecular flexibility index (Phi) is 4.50. The van der Waals surface area contributed by atoms with Gasteiger partial charge in [-0.25, -0.2) is 4.39 Å². The Morgan fingerprint density at radius 1 is 1.24 bits per heavy atom. The molecule has 6 heteroatoms. The molecule has 3 fully saturated rings. The number of aliphatic hydroxyl groups is 1. The number of carbonyl (C=O) groups is 1. The number of piperidine rings is 1. The van der Waals surface area contributed by atoms with Gasteiger partial charge >= 0.3 is 0 Å². The van der Waals surface area contributed by atoms with Crippen molar-refractivity contribution in [1.29, 1.82) is 0 Å². The second-order valence-electron chi connectivity index (χ2n) is 7.75. The lowest BCUT2D eigenvalue weighted by atomic mass is 9.68. The van der Waals surface area contributed by atoms with Crippen molar-refractivity contribution in [1.82, 2.24) is 14.8 Å². The molecule has 4 rings (SSSR count). The summed E-state index contributed by atoms with van der Waals surface area (Å²) in [5.41, 5.74) is 0.381. The molecule has 25 heavy (non-hydrogen) atoms. The number of β-lactam (4-membered cyclic amide) rings is 1. The van der Waals surface area contributed by atoms with E-state index in [9.17, 15) is 14.3 Å². The summed E-state index contributed by atoms with van der Waals surface area (Å²) >= 11 is 0. The Bertz CT molecular complexity index is 639. The normalized spacial score (nSPS) is 27.5. The van der Waals surface area contributed by atoms with Crippen LogP contribution in [0.2, 0.25) is 0 Å². The predicted molar refractivity (Wildman–Crippen MR) is 91.2 cm³/mol. The Morgan fingerprint density at radius 2 is 1.96 bits per heavy atom. The molecule has 136 valence electrons. The van der Waals surface area contributed by atoms with Crippen LogP contribution >= 0.6 is 0 Å². The molecule has 1 spiro atoms. The third-order valence-corrected chi connectivity index (χ3v) is 6.35. The number of amides is 1. The van der Waals surface area contributed by atoms with Gasteiger partial charge < -0.3 is 10.0 Å². The average Bonchev–Trinajstić information content (AvgIpc) is 2.65. The van der Waals surface area contributed by atoms with Crippen LogP contribution in [-0.4, -0.2) is 56.6 Å². The number of aliphatic hydroxyl groups excluding tert-OH is 1. The Balaban J connectivity index is 1.38. The lowest BCUT2D eigenvalue weighted by Crippen LogP contribution is -2.77. The summed E-state index contributed by atoms with van der Waals surface area (Å²) in [6.07, 6.45) is 9.14. The largest absolute Gasteiger partial charge is 0.381 e. The summed E-state index contributed by atoms with van der Waals surface area (Å²) in [6.45, 7) is 2.29. The van der Waals surface area contributed by atoms with E-state index in [1.807, 2.05) is 4.90 Å². The van der Waals surface area contributed by atoms with Crippen LogP contribution in [0, 0.1) is 5.82 Å². The second-order valence-corrected chi connectivity index (χ2v) is 7.75. The first-order valence-corrected chi connectivity index (χ1v) is 9.44. The van der Waals surface area contributed by atoms with E-state index < -0.39 is 6.10 Å². The molecule has 1 N–H and O–H groups in total. The SMILES string of the molecule is O=C1C(O)C2(CCCCC2)N1C1CCN(Cc2ccncc2F)CC1. The molecule has 0 radical (unpaired) electrons. The van der Waals surface area contributed by atoms with Gasteiger partial charge in [-0.3, -0.25) is 14.7 Å². The van der Waals surface area contributed by atoms with E-state index in [4.69, 9.17) is 0 Å². The number of carbonyl (C=O) groups excluding carboxylic acids is 1. The van der Waals surface area contributed by atoms with Gasteiger partial charge in [0.1, 0.15) is 5.82 Å². The third kappa shape index (κ3) is 2.85. The fourth-order valence-electron chi connectivity index (χ4n) is 4.98. The molecular weight excluding hydrogens is 321 g/mol. The lowest BCUT2D eigenvalue weighted by molar-refractivity contribution is -0.201. The standard InChI is InChI=1S/C19H26FN3O2/c20-16-12-21-9-4-14(16)13-22-10-5-15(6-11-22)23-18(25)17(24)19(23)7-2-1-3-8-19/h4,9,12,15,17,24H,1-3,5-8,10-11,13H2. The molecule has 0 bridgehead atoms. The maximum absolute atomic E-state index is 13.8. The monoisotopic (exact) mass is 347 g/mol. The zero-order chi connectivity index (χ0) is 17.4. The van der Waals surface area contributed by atoms with Gasteiger partial charge in [-0.05, 0) is 31.7 Å². The minimum Gasteiger partial charge on any atom is -0.381 e. The first-order chi connectivity index (χ1) is 12.1. The molecule has 1 aliphatic carbocycles. The molecule has 3 heterocycles. The highest BCUT2D eigenvalue weighted by molar-refractivity contribution is 5.90. The third-order valence-electron chi connectivity index (χ3n) is 6.35. The van der Waals surface area contributed by atoms with Gasteiger partial charge in [0, 0.05) is 37.4 Å². The van der Waals surface area contributed by atoms with Crippen molar-refractivity contribution in [2.75, 3.05) is 13.1 Å². The average molecular weight is 347 g/mol. The van der Waals surface area contributed by atoms with Gasteiger partial charge in [-0.15, -0.1) is 0 Å². The van der Waals surface area contributed by atoms with Crippen LogP contribution in [-0.2, 0) is 11.3 Å². The zero-order valence-electron chi connectivity index (χ0n) is 14.5. The Hall–Kier alpha value is -1.53. The summed E-state index contributed by atoms with van der Waals surface area (Å²) in [5, 5.41) is 10.3. The topological polar surface area (TPSA) is 56.7 Å². The number of aromatic nitrogens is 1. The molecule has 1 aromatic heterocycles. The molecule has 2 aliphatic heterocycles. The zero-order valence-corrected chi connectivity index (χ0v) is 14.5. The quantitative estimate of drug-likeness (QED) is 0.851. The molecular formula is C19H26FN3O2. The number of pyridine rings is 1. The van der Waals surface area contributed by atoms with E-state index in [2.05, 4.69) is 9.88 Å². The summed E-state index contributed by atoms with van der Waals surface area (Å²) in [7, 11) is 0. The van der Waals surface area contributed by atoms with E-state index in [-0.39, 0.29) is 23.3 Å². The molecule has 2 saturated heterocycles. The van der Waals surface area contributed by atoms with Crippen molar-refractivity contribution in [3.05, 3.63) is 29.8 Å². The number of rotatable bonds is 3. The van der Waals surface area contributed by atoms with Crippen LogP contribution < -0.4 is 0 Å². The van der Waals surface area contributed by atoms with E-state index in [0.717, 1.165) is 51.6 Å². The Labute approximate surface area is 147 Å².